The van der Waals surface area contributed by atoms with Crippen LogP contribution in [0.25, 0.3) is 11.1 Å². The maximum Gasteiger partial charge on any atom is 0.355 e. The van der Waals surface area contributed by atoms with Gasteiger partial charge in [0.05, 0.1) is 32.1 Å². The number of carbonyl (C=O) groups excluding carboxylic acids is 2. The van der Waals surface area contributed by atoms with Crippen LogP contribution in [-0.2, 0) is 23.8 Å². The summed E-state index contributed by atoms with van der Waals surface area (Å²) in [4.78, 5) is 26.1. The highest BCUT2D eigenvalue weighted by molar-refractivity contribution is 6.04. The minimum absolute atomic E-state index is 0.0448. The normalized spacial score (nSPS) is 14.1. The quantitative estimate of drug-likeness (QED) is 0.770. The van der Waals surface area contributed by atoms with Crippen molar-refractivity contribution in [3.63, 3.8) is 0 Å². The number of para-hydroxylation sites is 1. The summed E-state index contributed by atoms with van der Waals surface area (Å²) < 4.78 is 28.5. The van der Waals surface area contributed by atoms with Gasteiger partial charge in [-0.2, -0.15) is 0 Å². The van der Waals surface area contributed by atoms with Crippen molar-refractivity contribution >= 4 is 17.6 Å². The van der Waals surface area contributed by atoms with Gasteiger partial charge in [0.15, 0.2) is 0 Å². The van der Waals surface area contributed by atoms with Gasteiger partial charge in [-0.25, -0.2) is 14.0 Å². The molecule has 3 rings (SSSR count). The van der Waals surface area contributed by atoms with Crippen LogP contribution in [-0.4, -0.2) is 39.5 Å². The number of methoxy groups -OCH3 is 2. The van der Waals surface area contributed by atoms with Gasteiger partial charge in [-0.3, -0.25) is 0 Å². The number of hydrogen-bond acceptors (Lipinski definition) is 6. The molecule has 2 aromatic carbocycles. The average molecular weight is 371 g/mol. The minimum Gasteiger partial charge on any atom is -0.466 e. The van der Waals surface area contributed by atoms with Crippen LogP contribution in [0.2, 0.25) is 0 Å². The van der Waals surface area contributed by atoms with Crippen molar-refractivity contribution in [2.45, 2.75) is 0 Å². The van der Waals surface area contributed by atoms with Gasteiger partial charge in [0.2, 0.25) is 0 Å². The monoisotopic (exact) mass is 371 g/mol. The Labute approximate surface area is 155 Å². The SMILES string of the molecule is COC(=O)C1=C(C(=O)OC)N(c2ccccc2-c2ccc(F)cc2)COC1. The van der Waals surface area contributed by atoms with Crippen LogP contribution >= 0.6 is 0 Å². The summed E-state index contributed by atoms with van der Waals surface area (Å²) in [6.07, 6.45) is 0. The van der Waals surface area contributed by atoms with Gasteiger partial charge in [-0.1, -0.05) is 30.3 Å². The molecule has 0 bridgehead atoms. The largest absolute Gasteiger partial charge is 0.466 e. The van der Waals surface area contributed by atoms with E-state index in [0.29, 0.717) is 5.69 Å². The number of anilines is 1. The van der Waals surface area contributed by atoms with Crippen molar-refractivity contribution in [3.8, 4) is 11.1 Å². The third-order valence-electron chi connectivity index (χ3n) is 4.18. The number of halogens is 1. The topological polar surface area (TPSA) is 65.1 Å². The Balaban J connectivity index is 2.16. The number of nitrogens with zero attached hydrogens (tertiary/aromatic N) is 1. The molecular weight excluding hydrogens is 353 g/mol. The molecule has 2 aromatic rings. The Hall–Kier alpha value is -3.19. The second-order valence-electron chi connectivity index (χ2n) is 5.74. The van der Waals surface area contributed by atoms with Crippen molar-refractivity contribution in [1.82, 2.24) is 0 Å². The number of hydrogen-bond donors (Lipinski definition) is 0. The Morgan fingerprint density at radius 3 is 2.33 bits per heavy atom. The predicted molar refractivity (Wildman–Crippen MR) is 96.2 cm³/mol. The lowest BCUT2D eigenvalue weighted by Crippen LogP contribution is -2.39. The molecule has 0 aliphatic carbocycles. The molecule has 0 saturated heterocycles. The molecule has 0 spiro atoms. The molecule has 0 fully saturated rings. The molecule has 1 aliphatic heterocycles. The number of carbonyl (C=O) groups is 2. The summed E-state index contributed by atoms with van der Waals surface area (Å²) in [5.74, 6) is -1.69. The highest BCUT2D eigenvalue weighted by atomic mass is 19.1. The van der Waals surface area contributed by atoms with Gasteiger partial charge < -0.3 is 19.1 Å². The van der Waals surface area contributed by atoms with E-state index >= 15 is 0 Å². The predicted octanol–water partition coefficient (Wildman–Crippen LogP) is 2.89. The van der Waals surface area contributed by atoms with E-state index in [1.54, 1.807) is 29.2 Å². The number of benzene rings is 2. The van der Waals surface area contributed by atoms with Crippen LogP contribution < -0.4 is 4.90 Å². The maximum absolute atomic E-state index is 13.3. The Kier molecular flexibility index (Phi) is 5.52. The minimum atomic E-state index is -0.674. The van der Waals surface area contributed by atoms with E-state index in [4.69, 9.17) is 14.2 Å². The number of ether oxygens (including phenoxy) is 3. The summed E-state index contributed by atoms with van der Waals surface area (Å²) in [7, 11) is 2.47. The lowest BCUT2D eigenvalue weighted by Gasteiger charge is -2.32. The zero-order valence-corrected chi connectivity index (χ0v) is 14.9. The van der Waals surface area contributed by atoms with Gasteiger partial charge in [0.1, 0.15) is 18.2 Å². The van der Waals surface area contributed by atoms with Gasteiger partial charge in [-0.05, 0) is 23.8 Å². The van der Waals surface area contributed by atoms with E-state index < -0.39 is 11.9 Å². The van der Waals surface area contributed by atoms with E-state index in [9.17, 15) is 14.0 Å². The molecular formula is C20H18FNO5. The number of rotatable bonds is 4. The second-order valence-corrected chi connectivity index (χ2v) is 5.74. The first-order chi connectivity index (χ1) is 13.1. The fourth-order valence-electron chi connectivity index (χ4n) is 2.92. The molecule has 0 N–H and O–H groups in total. The first-order valence-corrected chi connectivity index (χ1v) is 8.17. The molecule has 0 saturated carbocycles. The zero-order chi connectivity index (χ0) is 19.4. The molecule has 27 heavy (non-hydrogen) atoms. The van der Waals surface area contributed by atoms with Crippen molar-refractivity contribution in [3.05, 3.63) is 65.6 Å². The van der Waals surface area contributed by atoms with Gasteiger partial charge in [-0.15, -0.1) is 0 Å². The Bertz CT molecular complexity index is 892. The third-order valence-corrected chi connectivity index (χ3v) is 4.18. The van der Waals surface area contributed by atoms with Crippen LogP contribution in [0.1, 0.15) is 0 Å². The second kappa shape index (κ2) is 8.01. The molecule has 7 heteroatoms. The summed E-state index contributed by atoms with van der Waals surface area (Å²) in [6, 6.07) is 13.2. The average Bonchev–Trinajstić information content (AvgIpc) is 2.72. The van der Waals surface area contributed by atoms with E-state index in [-0.39, 0.29) is 30.4 Å². The summed E-state index contributed by atoms with van der Waals surface area (Å²) in [5.41, 5.74) is 2.25. The van der Waals surface area contributed by atoms with Crippen LogP contribution in [0.15, 0.2) is 59.8 Å². The van der Waals surface area contributed by atoms with E-state index in [2.05, 4.69) is 0 Å². The fourth-order valence-corrected chi connectivity index (χ4v) is 2.92. The molecule has 1 aliphatic rings. The summed E-state index contributed by atoms with van der Waals surface area (Å²) >= 11 is 0. The van der Waals surface area contributed by atoms with E-state index in [0.717, 1.165) is 11.1 Å². The third kappa shape index (κ3) is 3.68. The first kappa shape index (κ1) is 18.6. The van der Waals surface area contributed by atoms with Crippen LogP contribution in [0.4, 0.5) is 10.1 Å². The summed E-state index contributed by atoms with van der Waals surface area (Å²) in [6.45, 7) is -0.0184. The zero-order valence-electron chi connectivity index (χ0n) is 14.9. The van der Waals surface area contributed by atoms with Crippen molar-refractivity contribution in [2.75, 3.05) is 32.5 Å². The number of esters is 2. The Morgan fingerprint density at radius 1 is 1.00 bits per heavy atom. The molecule has 6 nitrogen and oxygen atoms in total. The van der Waals surface area contributed by atoms with E-state index in [1.807, 2.05) is 12.1 Å². The molecule has 0 atom stereocenters. The van der Waals surface area contributed by atoms with Crippen LogP contribution in [0.3, 0.4) is 0 Å². The van der Waals surface area contributed by atoms with Crippen molar-refractivity contribution < 1.29 is 28.2 Å². The highest BCUT2D eigenvalue weighted by Gasteiger charge is 2.33. The molecule has 1 heterocycles. The lowest BCUT2D eigenvalue weighted by molar-refractivity contribution is -0.140. The smallest absolute Gasteiger partial charge is 0.355 e. The molecule has 0 aromatic heterocycles. The summed E-state index contributed by atoms with van der Waals surface area (Å²) in [5, 5.41) is 0. The van der Waals surface area contributed by atoms with Crippen molar-refractivity contribution in [2.24, 2.45) is 0 Å². The van der Waals surface area contributed by atoms with E-state index in [1.165, 1.54) is 26.4 Å². The highest BCUT2D eigenvalue weighted by Crippen LogP contribution is 2.35. The van der Waals surface area contributed by atoms with Crippen molar-refractivity contribution in [1.29, 1.82) is 0 Å². The Morgan fingerprint density at radius 2 is 1.67 bits per heavy atom. The molecule has 0 unspecified atom stereocenters. The first-order valence-electron chi connectivity index (χ1n) is 8.17. The molecule has 140 valence electrons. The fraction of sp³-hybridized carbons (Fsp3) is 0.200. The standard InChI is InChI=1S/C20H18FNO5/c1-25-19(23)16-11-27-12-22(18(16)20(24)26-2)17-6-4-3-5-15(17)13-7-9-14(21)10-8-13/h3-10H,11-12H2,1-2H3. The van der Waals surface area contributed by atoms with Gasteiger partial charge in [0.25, 0.3) is 0 Å². The lowest BCUT2D eigenvalue weighted by atomic mass is 10.0. The molecule has 0 radical (unpaired) electrons. The van der Waals surface area contributed by atoms with Gasteiger partial charge >= 0.3 is 11.9 Å². The maximum atomic E-state index is 13.3. The van der Waals surface area contributed by atoms with Crippen LogP contribution in [0, 0.1) is 5.82 Å². The van der Waals surface area contributed by atoms with Crippen LogP contribution in [0.5, 0.6) is 0 Å². The molecule has 0 amide bonds. The van der Waals surface area contributed by atoms with Gasteiger partial charge in [0, 0.05) is 5.56 Å².